The van der Waals surface area contributed by atoms with Gasteiger partial charge in [-0.1, -0.05) is 224 Å². The zero-order valence-corrected chi connectivity index (χ0v) is 51.8. The Balaban J connectivity index is 0.000000135. The van der Waals surface area contributed by atoms with Gasteiger partial charge in [-0.2, -0.15) is 0 Å². The molecule has 0 unspecified atom stereocenters. The summed E-state index contributed by atoms with van der Waals surface area (Å²) < 4.78 is 15.2. The first kappa shape index (κ1) is 56.5. The second-order valence-corrected chi connectivity index (χ2v) is 26.5. The fourth-order valence-corrected chi connectivity index (χ4v) is 13.9. The number of nitrogens with zero attached hydrogens (tertiary/aromatic N) is 3. The number of aldehydes is 1. The van der Waals surface area contributed by atoms with E-state index in [-0.39, 0.29) is 10.8 Å². The van der Waals surface area contributed by atoms with E-state index in [4.69, 9.17) is 29.5 Å². The van der Waals surface area contributed by atoms with E-state index in [1.54, 1.807) is 22.7 Å². The van der Waals surface area contributed by atoms with Crippen LogP contribution in [0.3, 0.4) is 0 Å². The van der Waals surface area contributed by atoms with E-state index in [1.807, 2.05) is 103 Å². The van der Waals surface area contributed by atoms with Gasteiger partial charge in [-0.15, -0.1) is 22.7 Å². The molecule has 89 heavy (non-hydrogen) atoms. The summed E-state index contributed by atoms with van der Waals surface area (Å²) in [7, 11) is 0. The number of benzene rings is 12. The Kier molecular flexibility index (Phi) is 14.6. The average molecular weight is 1190 g/mol. The number of carbonyl (C=O) groups is 1. The van der Waals surface area contributed by atoms with Crippen molar-refractivity contribution in [1.82, 2.24) is 9.97 Å². The van der Waals surface area contributed by atoms with E-state index in [0.717, 1.165) is 147 Å². The zero-order chi connectivity index (χ0) is 61.0. The molecule has 2 N–H and O–H groups in total. The molecule has 9 heteroatoms. The van der Waals surface area contributed by atoms with Crippen LogP contribution < -0.4 is 5.73 Å². The van der Waals surface area contributed by atoms with Gasteiger partial charge in [-0.25, -0.2) is 9.97 Å². The van der Waals surface area contributed by atoms with Gasteiger partial charge in [0, 0.05) is 78.0 Å². The van der Waals surface area contributed by atoms with Gasteiger partial charge in [0.25, 0.3) is 0 Å². The molecule has 12 aromatic carbocycles. The quantitative estimate of drug-likeness (QED) is 0.0968. The summed E-state index contributed by atoms with van der Waals surface area (Å²) in [5.41, 5.74) is 24.2. The van der Waals surface area contributed by atoms with Gasteiger partial charge in [0.2, 0.25) is 0 Å². The van der Waals surface area contributed by atoms with Crippen molar-refractivity contribution in [1.29, 1.82) is 0 Å². The minimum atomic E-state index is -0.0322. The molecule has 16 aromatic rings. The molecule has 0 aliphatic rings. The number of aromatic nitrogens is 2. The number of nitrogens with two attached hydrogens (primary N) is 1. The number of carbonyl (C=O) groups excluding carboxylic acids is 1. The van der Waals surface area contributed by atoms with Crippen molar-refractivity contribution in [2.24, 2.45) is 4.99 Å². The van der Waals surface area contributed by atoms with Crippen LogP contribution >= 0.6 is 22.7 Å². The molecule has 4 heterocycles. The van der Waals surface area contributed by atoms with E-state index in [0.29, 0.717) is 0 Å². The van der Waals surface area contributed by atoms with Crippen LogP contribution in [-0.2, 0) is 10.8 Å². The van der Waals surface area contributed by atoms with E-state index in [9.17, 15) is 4.79 Å². The van der Waals surface area contributed by atoms with Gasteiger partial charge in [0.15, 0.2) is 6.29 Å². The van der Waals surface area contributed by atoms with Gasteiger partial charge in [0.1, 0.15) is 32.3 Å². The lowest BCUT2D eigenvalue weighted by Gasteiger charge is -2.20. The molecule has 0 radical (unpaired) electrons. The van der Waals surface area contributed by atoms with Crippen molar-refractivity contribution < 1.29 is 13.6 Å². The number of anilines is 1. The first-order chi connectivity index (χ1) is 43.2. The minimum Gasteiger partial charge on any atom is -0.455 e. The van der Waals surface area contributed by atoms with Crippen LogP contribution in [0.5, 0.6) is 0 Å². The van der Waals surface area contributed by atoms with Gasteiger partial charge < -0.3 is 14.6 Å². The Bertz CT molecular complexity index is 5410. The second kappa shape index (κ2) is 23.1. The summed E-state index contributed by atoms with van der Waals surface area (Å²) in [5, 5.41) is 10.9. The highest BCUT2D eigenvalue weighted by Gasteiger charge is 2.25. The number of rotatable bonds is 7. The topological polar surface area (TPSA) is 108 Å². The first-order valence-electron chi connectivity index (χ1n) is 29.9. The van der Waals surface area contributed by atoms with E-state index < -0.39 is 0 Å². The summed E-state index contributed by atoms with van der Waals surface area (Å²) in [5.74, 6) is 0. The molecule has 16 rings (SSSR count). The predicted octanol–water partition coefficient (Wildman–Crippen LogP) is 22.8. The smallest absolute Gasteiger partial charge is 0.150 e. The SMILES string of the molecule is CC(C)(C)c1cc(-c2cccc3c2oc2ccccc23)c2nc(-c3ccccc3N)sc2c1.CC(C)(C)c1cc(-c2cccc3c2oc2ccccc23)c2nc(-c3ccccc3N=Cc3cccc4ccccc34)sc2c1.O=Cc1cccc2ccccc12. The third kappa shape index (κ3) is 10.8. The van der Waals surface area contributed by atoms with Crippen molar-refractivity contribution in [2.75, 3.05) is 5.73 Å². The van der Waals surface area contributed by atoms with Crippen LogP contribution in [0.25, 0.3) is 129 Å². The third-order valence-electron chi connectivity index (χ3n) is 16.6. The number of fused-ring (bicyclic) bond motifs is 10. The Hall–Kier alpha value is -10.3. The maximum Gasteiger partial charge on any atom is 0.150 e. The Morgan fingerprint density at radius 3 is 1.34 bits per heavy atom. The summed E-state index contributed by atoms with van der Waals surface area (Å²) >= 11 is 3.42. The lowest BCUT2D eigenvalue weighted by Crippen LogP contribution is -2.11. The minimum absolute atomic E-state index is 0.000636. The van der Waals surface area contributed by atoms with Gasteiger partial charge in [-0.05, 0) is 104 Å². The molecule has 432 valence electrons. The van der Waals surface area contributed by atoms with Crippen molar-refractivity contribution in [3.05, 3.63) is 265 Å². The normalized spacial score (nSPS) is 12.0. The largest absolute Gasteiger partial charge is 0.455 e. The maximum atomic E-state index is 10.6. The lowest BCUT2D eigenvalue weighted by molar-refractivity contribution is 0.112. The maximum absolute atomic E-state index is 10.6. The molecular formula is C80H62N4O3S2. The molecule has 0 atom stereocenters. The molecule has 0 saturated carbocycles. The van der Waals surface area contributed by atoms with E-state index in [2.05, 4.69) is 187 Å². The average Bonchev–Trinajstić information content (AvgIpc) is 1.67. The number of nitrogen functional groups attached to an aromatic ring is 1. The van der Waals surface area contributed by atoms with Crippen LogP contribution in [0, 0.1) is 0 Å². The summed E-state index contributed by atoms with van der Waals surface area (Å²) in [6.07, 6.45) is 2.86. The molecule has 0 amide bonds. The fourth-order valence-electron chi connectivity index (χ4n) is 11.8. The second-order valence-electron chi connectivity index (χ2n) is 24.5. The number of hydrogen-bond acceptors (Lipinski definition) is 9. The summed E-state index contributed by atoms with van der Waals surface area (Å²) in [4.78, 5) is 26.0. The monoisotopic (exact) mass is 1190 g/mol. The molecule has 0 spiro atoms. The Morgan fingerprint density at radius 2 is 0.809 bits per heavy atom. The number of furan rings is 2. The van der Waals surface area contributed by atoms with Gasteiger partial charge >= 0.3 is 0 Å². The van der Waals surface area contributed by atoms with Crippen LogP contribution in [-0.4, -0.2) is 22.5 Å². The predicted molar refractivity (Wildman–Crippen MR) is 378 cm³/mol. The summed E-state index contributed by atoms with van der Waals surface area (Å²) in [6, 6.07) is 83.0. The van der Waals surface area contributed by atoms with Crippen LogP contribution in [0.2, 0.25) is 0 Å². The highest BCUT2D eigenvalue weighted by atomic mass is 32.1. The molecule has 0 aliphatic carbocycles. The zero-order valence-electron chi connectivity index (χ0n) is 50.2. The Morgan fingerprint density at radius 1 is 0.404 bits per heavy atom. The summed E-state index contributed by atoms with van der Waals surface area (Å²) in [6.45, 7) is 13.5. The van der Waals surface area contributed by atoms with Crippen molar-refractivity contribution in [3.8, 4) is 43.4 Å². The molecular weight excluding hydrogens is 1130 g/mol. The molecule has 0 aliphatic heterocycles. The molecule has 4 aromatic heterocycles. The van der Waals surface area contributed by atoms with Crippen molar-refractivity contribution >= 4 is 132 Å². The highest BCUT2D eigenvalue weighted by Crippen LogP contribution is 2.46. The Labute approximate surface area is 524 Å². The molecule has 0 bridgehead atoms. The molecule has 7 nitrogen and oxygen atoms in total. The van der Waals surface area contributed by atoms with E-state index in [1.165, 1.54) is 21.9 Å². The van der Waals surface area contributed by atoms with Crippen molar-refractivity contribution in [3.63, 3.8) is 0 Å². The van der Waals surface area contributed by atoms with Crippen molar-refractivity contribution in [2.45, 2.75) is 52.4 Å². The van der Waals surface area contributed by atoms with Crippen LogP contribution in [0.15, 0.2) is 256 Å². The number of thiazole rings is 2. The van der Waals surface area contributed by atoms with Gasteiger partial charge in [0.05, 0.1) is 26.1 Å². The number of para-hydroxylation sites is 6. The van der Waals surface area contributed by atoms with E-state index >= 15 is 0 Å². The molecule has 0 saturated heterocycles. The highest BCUT2D eigenvalue weighted by molar-refractivity contribution is 7.22. The van der Waals surface area contributed by atoms with Crippen LogP contribution in [0.1, 0.15) is 68.6 Å². The number of hydrogen-bond donors (Lipinski definition) is 1. The van der Waals surface area contributed by atoms with Gasteiger partial charge in [-0.3, -0.25) is 9.79 Å². The standard InChI is InChI=1S/C40H30N2OS.C29H24N2OS.C11H8O/c1-40(2,3)27-22-33(31-19-11-18-30-29-16-7-9-21-35(29)43-38(30)31)37-36(23-27)44-39(42-37)32-17-6-8-20-34(32)41-24-26-14-10-13-25-12-4-5-15-28(25)26;1-29(2,3)17-15-22(20-12-8-11-19-18-9-5-7-14-24(18)32-27(19)20)26-25(16-17)33-28(31-26)21-10-4-6-13-23(21)30;12-8-10-6-3-5-9-4-1-2-7-11(9)10/h4-24H,1-3H3;4-16H,30H2,1-3H3;1-8H. The van der Waals surface area contributed by atoms with Crippen LogP contribution in [0.4, 0.5) is 11.4 Å². The number of aliphatic imine (C=N–C) groups is 1. The lowest BCUT2D eigenvalue weighted by atomic mass is 9.85. The first-order valence-corrected chi connectivity index (χ1v) is 31.5. The third-order valence-corrected chi connectivity index (χ3v) is 18.6. The molecule has 0 fully saturated rings. The fraction of sp³-hybridized carbons (Fsp3) is 0.100.